The third-order valence-electron chi connectivity index (χ3n) is 5.16. The zero-order valence-corrected chi connectivity index (χ0v) is 16.6. The van der Waals surface area contributed by atoms with E-state index in [4.69, 9.17) is 9.47 Å². The number of methoxy groups -OCH3 is 1. The number of hydrogen-bond donors (Lipinski definition) is 2. The van der Waals surface area contributed by atoms with Crippen LogP contribution in [-0.4, -0.2) is 59.7 Å². The Hall–Kier alpha value is -3.15. The number of alkyl halides is 3. The summed E-state index contributed by atoms with van der Waals surface area (Å²) < 4.78 is 64.7. The summed E-state index contributed by atoms with van der Waals surface area (Å²) in [7, 11) is 1.22. The Kier molecular flexibility index (Phi) is 5.33. The van der Waals surface area contributed by atoms with Crippen LogP contribution >= 0.6 is 0 Å². The number of benzene rings is 1. The van der Waals surface area contributed by atoms with E-state index in [9.17, 15) is 18.0 Å². The van der Waals surface area contributed by atoms with Gasteiger partial charge in [0.1, 0.15) is 11.4 Å². The fourth-order valence-electron chi connectivity index (χ4n) is 3.45. The fourth-order valence-corrected chi connectivity index (χ4v) is 3.45. The van der Waals surface area contributed by atoms with Gasteiger partial charge in [-0.2, -0.15) is 18.2 Å². The van der Waals surface area contributed by atoms with Crippen molar-refractivity contribution >= 4 is 23.4 Å². The Bertz CT molecular complexity index is 1020. The lowest BCUT2D eigenvalue weighted by Gasteiger charge is -2.54. The first-order chi connectivity index (χ1) is 14.7. The molecule has 0 radical (unpaired) electrons. The first-order valence-electron chi connectivity index (χ1n) is 9.48. The molecule has 31 heavy (non-hydrogen) atoms. The van der Waals surface area contributed by atoms with Gasteiger partial charge >= 0.3 is 6.18 Å². The van der Waals surface area contributed by atoms with Crippen molar-refractivity contribution in [1.82, 2.24) is 14.9 Å². The Morgan fingerprint density at radius 3 is 2.71 bits per heavy atom. The Morgan fingerprint density at radius 1 is 1.39 bits per heavy atom. The van der Waals surface area contributed by atoms with Crippen LogP contribution in [0, 0.1) is 5.82 Å². The van der Waals surface area contributed by atoms with E-state index in [2.05, 4.69) is 20.6 Å². The summed E-state index contributed by atoms with van der Waals surface area (Å²) in [5.74, 6) is -2.25. The number of fused-ring (bicyclic) bond motifs is 1. The molecular weight excluding hydrogens is 422 g/mol. The predicted molar refractivity (Wildman–Crippen MR) is 102 cm³/mol. The normalized spacial score (nSPS) is 19.7. The quantitative estimate of drug-likeness (QED) is 0.667. The van der Waals surface area contributed by atoms with E-state index in [1.807, 2.05) is 0 Å². The maximum atomic E-state index is 15.0. The molecule has 1 amide bonds. The van der Waals surface area contributed by atoms with Crippen molar-refractivity contribution < 1.29 is 31.8 Å². The molecule has 0 bridgehead atoms. The summed E-state index contributed by atoms with van der Waals surface area (Å²) in [6.45, 7) is 2.66. The second-order valence-electron chi connectivity index (χ2n) is 7.01. The molecule has 2 N–H and O–H groups in total. The number of aromatic nitrogens is 2. The van der Waals surface area contributed by atoms with Crippen molar-refractivity contribution in [1.29, 1.82) is 0 Å². The lowest BCUT2D eigenvalue weighted by molar-refractivity contribution is -0.195. The monoisotopic (exact) mass is 441 g/mol. The number of carbonyl (C=O) groups excluding carboxylic acids is 1. The molecule has 1 unspecified atom stereocenters. The van der Waals surface area contributed by atoms with E-state index in [1.165, 1.54) is 24.1 Å². The van der Waals surface area contributed by atoms with Gasteiger partial charge in [0.15, 0.2) is 11.6 Å². The number of rotatable bonds is 6. The highest BCUT2D eigenvalue weighted by Crippen LogP contribution is 2.37. The highest BCUT2D eigenvalue weighted by molar-refractivity contribution is 5.96. The van der Waals surface area contributed by atoms with E-state index >= 15 is 4.39 Å². The number of anilines is 3. The van der Waals surface area contributed by atoms with E-state index < -0.39 is 29.3 Å². The number of nitrogens with one attached hydrogen (secondary N) is 2. The van der Waals surface area contributed by atoms with Crippen molar-refractivity contribution in [3.63, 3.8) is 0 Å². The van der Waals surface area contributed by atoms with Crippen molar-refractivity contribution in [3.05, 3.63) is 35.3 Å². The standard InChI is InChI=1S/C19H19F4N5O3/c1-3-24-16-10(19(21,22)23)6-25-18(27-16)26-11-5-4-9(14(20)15(11)30-2)17(29)28-7-13-12(28)8-31-13/h4-6,12-13H,3,7-8H2,1-2H3,(H2,24,25,26,27)/t12?,13-/m1/s1. The molecule has 0 aliphatic carbocycles. The van der Waals surface area contributed by atoms with Crippen LogP contribution in [0.3, 0.4) is 0 Å². The third kappa shape index (κ3) is 3.71. The van der Waals surface area contributed by atoms with Gasteiger partial charge in [0.05, 0.1) is 37.1 Å². The minimum atomic E-state index is -4.64. The number of halogens is 4. The topological polar surface area (TPSA) is 88.6 Å². The van der Waals surface area contributed by atoms with E-state index in [0.717, 1.165) is 0 Å². The molecule has 3 heterocycles. The van der Waals surface area contributed by atoms with Crippen LogP contribution < -0.4 is 15.4 Å². The first kappa shape index (κ1) is 21.1. The largest absolute Gasteiger partial charge is 0.492 e. The molecule has 0 spiro atoms. The molecule has 0 saturated carbocycles. The Balaban J connectivity index is 1.61. The number of morpholine rings is 1. The third-order valence-corrected chi connectivity index (χ3v) is 5.16. The van der Waals surface area contributed by atoms with Crippen LogP contribution in [0.1, 0.15) is 22.8 Å². The maximum Gasteiger partial charge on any atom is 0.421 e. The molecule has 1 aromatic carbocycles. The van der Waals surface area contributed by atoms with Gasteiger partial charge in [-0.15, -0.1) is 0 Å². The molecule has 2 atom stereocenters. The molecule has 166 valence electrons. The smallest absolute Gasteiger partial charge is 0.421 e. The van der Waals surface area contributed by atoms with Gasteiger partial charge in [-0.25, -0.2) is 9.37 Å². The molecule has 12 heteroatoms. The van der Waals surface area contributed by atoms with E-state index in [-0.39, 0.29) is 41.6 Å². The number of carbonyl (C=O) groups is 1. The average molecular weight is 441 g/mol. The van der Waals surface area contributed by atoms with Crippen LogP contribution in [0.2, 0.25) is 0 Å². The van der Waals surface area contributed by atoms with Crippen LogP contribution in [0.25, 0.3) is 0 Å². The van der Waals surface area contributed by atoms with Crippen molar-refractivity contribution in [2.45, 2.75) is 25.2 Å². The van der Waals surface area contributed by atoms with Gasteiger partial charge < -0.3 is 25.0 Å². The van der Waals surface area contributed by atoms with Gasteiger partial charge in [-0.05, 0) is 19.1 Å². The van der Waals surface area contributed by atoms with Gasteiger partial charge in [0.25, 0.3) is 5.91 Å². The van der Waals surface area contributed by atoms with Gasteiger partial charge in [-0.1, -0.05) is 0 Å². The van der Waals surface area contributed by atoms with Crippen LogP contribution in [-0.2, 0) is 10.9 Å². The van der Waals surface area contributed by atoms with Gasteiger partial charge in [0.2, 0.25) is 5.95 Å². The average Bonchev–Trinajstić information content (AvgIpc) is 2.69. The van der Waals surface area contributed by atoms with Crippen LogP contribution in [0.5, 0.6) is 5.75 Å². The van der Waals surface area contributed by atoms with Crippen molar-refractivity contribution in [2.24, 2.45) is 0 Å². The lowest BCUT2D eigenvalue weighted by atomic mass is 9.93. The lowest BCUT2D eigenvalue weighted by Crippen LogP contribution is -2.71. The SMILES string of the molecule is CCNc1nc(Nc2ccc(C(=O)N3C[C@H]4OCC43)c(F)c2OC)ncc1C(F)(F)F. The van der Waals surface area contributed by atoms with Crippen molar-refractivity contribution in [2.75, 3.05) is 37.4 Å². The molecule has 4 rings (SSSR count). The summed E-state index contributed by atoms with van der Waals surface area (Å²) in [6, 6.07) is 2.63. The summed E-state index contributed by atoms with van der Waals surface area (Å²) in [5.41, 5.74) is -1.13. The minimum Gasteiger partial charge on any atom is -0.492 e. The number of hydrogen-bond acceptors (Lipinski definition) is 7. The summed E-state index contributed by atoms with van der Waals surface area (Å²) in [6.07, 6.45) is -3.99. The first-order valence-corrected chi connectivity index (χ1v) is 9.48. The molecule has 2 aliphatic heterocycles. The zero-order chi connectivity index (χ0) is 22.3. The van der Waals surface area contributed by atoms with Crippen molar-refractivity contribution in [3.8, 4) is 5.75 Å². The fraction of sp³-hybridized carbons (Fsp3) is 0.421. The molecular formula is C19H19F4N5O3. The van der Waals surface area contributed by atoms with Crippen LogP contribution in [0.15, 0.2) is 18.3 Å². The highest BCUT2D eigenvalue weighted by Gasteiger charge is 2.50. The molecule has 2 saturated heterocycles. The summed E-state index contributed by atoms with van der Waals surface area (Å²) >= 11 is 0. The highest BCUT2D eigenvalue weighted by atomic mass is 19.4. The number of amides is 1. The Morgan fingerprint density at radius 2 is 2.16 bits per heavy atom. The molecule has 2 fully saturated rings. The number of ether oxygens (including phenoxy) is 2. The second kappa shape index (κ2) is 7.84. The summed E-state index contributed by atoms with van der Waals surface area (Å²) in [5, 5.41) is 5.19. The minimum absolute atomic E-state index is 0.0117. The summed E-state index contributed by atoms with van der Waals surface area (Å²) in [4.78, 5) is 21.7. The van der Waals surface area contributed by atoms with Crippen LogP contribution in [0.4, 0.5) is 35.0 Å². The molecule has 2 aromatic rings. The Labute approximate surface area is 174 Å². The number of likely N-dealkylation sites (tertiary alicyclic amines) is 1. The van der Waals surface area contributed by atoms with Gasteiger partial charge in [-0.3, -0.25) is 4.79 Å². The number of nitrogens with zero attached hydrogens (tertiary/aromatic N) is 3. The predicted octanol–water partition coefficient (Wildman–Crippen LogP) is 3.04. The molecule has 8 nitrogen and oxygen atoms in total. The van der Waals surface area contributed by atoms with E-state index in [0.29, 0.717) is 19.3 Å². The molecule has 2 aliphatic rings. The maximum absolute atomic E-state index is 15.0. The van der Waals surface area contributed by atoms with E-state index in [1.54, 1.807) is 6.92 Å². The molecule has 1 aromatic heterocycles. The van der Waals surface area contributed by atoms with Gasteiger partial charge in [0, 0.05) is 19.3 Å². The zero-order valence-electron chi connectivity index (χ0n) is 16.6. The second-order valence-corrected chi connectivity index (χ2v) is 7.01.